The van der Waals surface area contributed by atoms with E-state index in [-0.39, 0.29) is 5.91 Å². The highest BCUT2D eigenvalue weighted by Gasteiger charge is 2.24. The van der Waals surface area contributed by atoms with Crippen LogP contribution in [-0.2, 0) is 6.54 Å². The third-order valence-corrected chi connectivity index (χ3v) is 4.93. The molecule has 1 saturated heterocycles. The van der Waals surface area contributed by atoms with Gasteiger partial charge in [-0.25, -0.2) is 0 Å². The van der Waals surface area contributed by atoms with Gasteiger partial charge in [0.1, 0.15) is 5.69 Å². The minimum atomic E-state index is 0.175. The molecule has 0 saturated carbocycles. The molecule has 0 N–H and O–H groups in total. The third-order valence-electron chi connectivity index (χ3n) is 4.69. The van der Waals surface area contributed by atoms with Crippen LogP contribution in [0.25, 0.3) is 10.9 Å². The van der Waals surface area contributed by atoms with Gasteiger partial charge in [-0.05, 0) is 50.5 Å². The SMILES string of the molecule is CCn1c(C(=O)N2CCCCCC2)c(C)c2cc(Cl)ccc21. The Labute approximate surface area is 136 Å². The Morgan fingerprint density at radius 1 is 1.18 bits per heavy atom. The van der Waals surface area contributed by atoms with Crippen molar-refractivity contribution < 1.29 is 4.79 Å². The lowest BCUT2D eigenvalue weighted by atomic mass is 10.1. The molecule has 0 unspecified atom stereocenters. The van der Waals surface area contributed by atoms with Crippen LogP contribution in [-0.4, -0.2) is 28.5 Å². The maximum atomic E-state index is 13.1. The topological polar surface area (TPSA) is 25.2 Å². The van der Waals surface area contributed by atoms with Crippen LogP contribution in [0.15, 0.2) is 18.2 Å². The molecule has 1 aliphatic rings. The maximum Gasteiger partial charge on any atom is 0.270 e. The zero-order valence-electron chi connectivity index (χ0n) is 13.4. The second kappa shape index (κ2) is 6.33. The number of nitrogens with zero attached hydrogens (tertiary/aromatic N) is 2. The Hall–Kier alpha value is -1.48. The van der Waals surface area contributed by atoms with Crippen LogP contribution in [0.5, 0.6) is 0 Å². The number of aryl methyl sites for hydroxylation is 2. The average Bonchev–Trinajstić information content (AvgIpc) is 2.71. The molecule has 4 heteroatoms. The molecule has 1 amide bonds. The molecule has 3 nitrogen and oxygen atoms in total. The van der Waals surface area contributed by atoms with Crippen LogP contribution in [0.1, 0.15) is 48.7 Å². The van der Waals surface area contributed by atoms with E-state index in [1.807, 2.05) is 30.0 Å². The van der Waals surface area contributed by atoms with E-state index in [0.717, 1.165) is 59.7 Å². The van der Waals surface area contributed by atoms with Gasteiger partial charge in [0.2, 0.25) is 0 Å². The highest BCUT2D eigenvalue weighted by Crippen LogP contribution is 2.29. The Morgan fingerprint density at radius 2 is 1.86 bits per heavy atom. The summed E-state index contributed by atoms with van der Waals surface area (Å²) in [5.41, 5.74) is 2.98. The maximum absolute atomic E-state index is 13.1. The molecule has 0 spiro atoms. The lowest BCUT2D eigenvalue weighted by molar-refractivity contribution is 0.0750. The fraction of sp³-hybridized carbons (Fsp3) is 0.500. The number of likely N-dealkylation sites (tertiary alicyclic amines) is 1. The summed E-state index contributed by atoms with van der Waals surface area (Å²) in [6, 6.07) is 5.89. The normalized spacial score (nSPS) is 16.0. The van der Waals surface area contributed by atoms with Crippen LogP contribution >= 0.6 is 11.6 Å². The van der Waals surface area contributed by atoms with Crippen molar-refractivity contribution in [2.75, 3.05) is 13.1 Å². The van der Waals surface area contributed by atoms with Gasteiger partial charge < -0.3 is 9.47 Å². The number of hydrogen-bond acceptors (Lipinski definition) is 1. The number of halogens is 1. The van der Waals surface area contributed by atoms with Crippen LogP contribution in [0.3, 0.4) is 0 Å². The van der Waals surface area contributed by atoms with E-state index in [9.17, 15) is 4.79 Å². The molecule has 2 heterocycles. The number of benzene rings is 1. The molecule has 2 aromatic rings. The van der Waals surface area contributed by atoms with Crippen molar-refractivity contribution >= 4 is 28.4 Å². The minimum Gasteiger partial charge on any atom is -0.337 e. The molecule has 0 radical (unpaired) electrons. The molecular weight excluding hydrogens is 296 g/mol. The van der Waals surface area contributed by atoms with Gasteiger partial charge >= 0.3 is 0 Å². The van der Waals surface area contributed by atoms with Gasteiger partial charge in [0.15, 0.2) is 0 Å². The third kappa shape index (κ3) is 2.63. The van der Waals surface area contributed by atoms with E-state index in [0.29, 0.717) is 0 Å². The quantitative estimate of drug-likeness (QED) is 0.792. The number of hydrogen-bond donors (Lipinski definition) is 0. The molecule has 0 aliphatic carbocycles. The lowest BCUT2D eigenvalue weighted by Crippen LogP contribution is -2.33. The van der Waals surface area contributed by atoms with Gasteiger partial charge in [-0.2, -0.15) is 0 Å². The molecule has 0 bridgehead atoms. The van der Waals surface area contributed by atoms with Crippen molar-refractivity contribution in [3.63, 3.8) is 0 Å². The second-order valence-corrected chi connectivity index (χ2v) is 6.52. The fourth-order valence-corrected chi connectivity index (χ4v) is 3.69. The molecule has 1 aliphatic heterocycles. The van der Waals surface area contributed by atoms with E-state index in [4.69, 9.17) is 11.6 Å². The molecule has 1 aromatic heterocycles. The summed E-state index contributed by atoms with van der Waals surface area (Å²) in [5.74, 6) is 0.175. The first-order valence-electron chi connectivity index (χ1n) is 8.21. The first-order valence-corrected chi connectivity index (χ1v) is 8.59. The molecular formula is C18H23ClN2O. The Balaban J connectivity index is 2.08. The number of carbonyl (C=O) groups is 1. The Bertz CT molecular complexity index is 697. The van der Waals surface area contributed by atoms with Crippen molar-refractivity contribution in [3.05, 3.63) is 34.5 Å². The lowest BCUT2D eigenvalue weighted by Gasteiger charge is -2.21. The number of amides is 1. The standard InChI is InChI=1S/C18H23ClN2O/c1-3-21-16-9-8-14(19)12-15(16)13(2)17(21)18(22)20-10-6-4-5-7-11-20/h8-9,12H,3-7,10-11H2,1-2H3. The second-order valence-electron chi connectivity index (χ2n) is 6.09. The largest absolute Gasteiger partial charge is 0.337 e. The van der Waals surface area contributed by atoms with Crippen LogP contribution < -0.4 is 0 Å². The summed E-state index contributed by atoms with van der Waals surface area (Å²) in [7, 11) is 0. The van der Waals surface area contributed by atoms with Crippen LogP contribution in [0.2, 0.25) is 5.02 Å². The van der Waals surface area contributed by atoms with Crippen molar-refractivity contribution in [2.45, 2.75) is 46.1 Å². The van der Waals surface area contributed by atoms with Crippen molar-refractivity contribution in [2.24, 2.45) is 0 Å². The van der Waals surface area contributed by atoms with Gasteiger partial charge in [-0.15, -0.1) is 0 Å². The summed E-state index contributed by atoms with van der Waals surface area (Å²) in [4.78, 5) is 15.1. The number of rotatable bonds is 2. The van der Waals surface area contributed by atoms with Crippen molar-refractivity contribution in [1.82, 2.24) is 9.47 Å². The predicted octanol–water partition coefficient (Wildman–Crippen LogP) is 4.64. The summed E-state index contributed by atoms with van der Waals surface area (Å²) >= 11 is 6.14. The Morgan fingerprint density at radius 3 is 2.50 bits per heavy atom. The summed E-state index contributed by atoms with van der Waals surface area (Å²) in [6.07, 6.45) is 4.69. The van der Waals surface area contributed by atoms with Crippen LogP contribution in [0.4, 0.5) is 0 Å². The minimum absolute atomic E-state index is 0.175. The van der Waals surface area contributed by atoms with E-state index in [2.05, 4.69) is 11.5 Å². The summed E-state index contributed by atoms with van der Waals surface area (Å²) in [6.45, 7) is 6.68. The van der Waals surface area contributed by atoms with Crippen molar-refractivity contribution in [3.8, 4) is 0 Å². The monoisotopic (exact) mass is 318 g/mol. The Kier molecular flexibility index (Phi) is 4.44. The van der Waals surface area contributed by atoms with Crippen molar-refractivity contribution in [1.29, 1.82) is 0 Å². The first-order chi connectivity index (χ1) is 10.6. The zero-order valence-corrected chi connectivity index (χ0v) is 14.1. The van der Waals surface area contributed by atoms with E-state index in [1.165, 1.54) is 12.8 Å². The predicted molar refractivity (Wildman–Crippen MR) is 91.7 cm³/mol. The fourth-order valence-electron chi connectivity index (χ4n) is 3.52. The van der Waals surface area contributed by atoms with E-state index in [1.54, 1.807) is 0 Å². The summed E-state index contributed by atoms with van der Waals surface area (Å²) in [5, 5.41) is 1.81. The molecule has 118 valence electrons. The van der Waals surface area contributed by atoms with Gasteiger partial charge in [0.25, 0.3) is 5.91 Å². The molecule has 1 aromatic carbocycles. The smallest absolute Gasteiger partial charge is 0.270 e. The van der Waals surface area contributed by atoms with Gasteiger partial charge in [0, 0.05) is 35.6 Å². The van der Waals surface area contributed by atoms with E-state index >= 15 is 0 Å². The number of carbonyl (C=O) groups excluding carboxylic acids is 1. The van der Waals surface area contributed by atoms with Gasteiger partial charge in [-0.1, -0.05) is 24.4 Å². The molecule has 1 fully saturated rings. The number of aromatic nitrogens is 1. The van der Waals surface area contributed by atoms with Gasteiger partial charge in [0.05, 0.1) is 0 Å². The van der Waals surface area contributed by atoms with Crippen LogP contribution in [0, 0.1) is 6.92 Å². The summed E-state index contributed by atoms with van der Waals surface area (Å²) < 4.78 is 2.13. The zero-order chi connectivity index (χ0) is 15.7. The first kappa shape index (κ1) is 15.4. The molecule has 3 rings (SSSR count). The highest BCUT2D eigenvalue weighted by molar-refractivity contribution is 6.31. The van der Waals surface area contributed by atoms with Gasteiger partial charge in [-0.3, -0.25) is 4.79 Å². The average molecular weight is 319 g/mol. The highest BCUT2D eigenvalue weighted by atomic mass is 35.5. The number of fused-ring (bicyclic) bond motifs is 1. The molecule has 22 heavy (non-hydrogen) atoms. The molecule has 0 atom stereocenters. The van der Waals surface area contributed by atoms with E-state index < -0.39 is 0 Å².